The number of nitrogens with zero attached hydrogens (tertiary/aromatic N) is 4. The molecule has 136 valence electrons. The second-order valence-corrected chi connectivity index (χ2v) is 7.25. The maximum atomic E-state index is 12.0. The number of aliphatic hydroxyl groups is 1. The number of benzene rings is 1. The molecule has 0 saturated carbocycles. The Morgan fingerprint density at radius 2 is 2.07 bits per heavy atom. The van der Waals surface area contributed by atoms with Gasteiger partial charge in [-0.2, -0.15) is 5.26 Å². The average Bonchev–Trinajstić information content (AvgIpc) is 3.09. The summed E-state index contributed by atoms with van der Waals surface area (Å²) in [6, 6.07) is 3.68. The number of carbonyl (C=O) groups is 1. The van der Waals surface area contributed by atoms with E-state index in [1.54, 1.807) is 23.4 Å². The topological polar surface area (TPSA) is 90.1 Å². The van der Waals surface area contributed by atoms with Crippen LogP contribution >= 0.6 is 23.2 Å². The predicted molar refractivity (Wildman–Crippen MR) is 101 cm³/mol. The van der Waals surface area contributed by atoms with Gasteiger partial charge in [0.15, 0.2) is 0 Å². The number of carbonyl (C=O) groups excluding carboxylic acids is 1. The van der Waals surface area contributed by atoms with Crippen LogP contribution in [-0.4, -0.2) is 45.6 Å². The summed E-state index contributed by atoms with van der Waals surface area (Å²) >= 11 is 12.8. The van der Waals surface area contributed by atoms with Gasteiger partial charge in [-0.15, -0.1) is 0 Å². The fourth-order valence-corrected chi connectivity index (χ4v) is 4.16. The summed E-state index contributed by atoms with van der Waals surface area (Å²) in [5.41, 5.74) is 5.70. The van der Waals surface area contributed by atoms with Crippen molar-refractivity contribution in [2.24, 2.45) is 0 Å². The molecule has 1 aliphatic heterocycles. The summed E-state index contributed by atoms with van der Waals surface area (Å²) < 4.78 is 0. The van der Waals surface area contributed by atoms with Crippen molar-refractivity contribution in [2.75, 3.05) is 19.7 Å². The molecule has 1 aliphatic carbocycles. The lowest BCUT2D eigenvalue weighted by molar-refractivity contribution is -0.133. The van der Waals surface area contributed by atoms with Gasteiger partial charge in [-0.3, -0.25) is 4.79 Å². The normalized spacial score (nSPS) is 15.4. The van der Waals surface area contributed by atoms with Crippen molar-refractivity contribution in [3.8, 4) is 17.2 Å². The second kappa shape index (κ2) is 6.93. The molecule has 8 heteroatoms. The van der Waals surface area contributed by atoms with E-state index in [1.807, 2.05) is 6.07 Å². The Hall–Kier alpha value is -2.46. The average molecular weight is 401 g/mol. The first-order valence-corrected chi connectivity index (χ1v) is 9.12. The van der Waals surface area contributed by atoms with Crippen molar-refractivity contribution in [2.45, 2.75) is 12.8 Å². The predicted octanol–water partition coefficient (Wildman–Crippen LogP) is 2.86. The SMILES string of the molecule is N#Cc1ncc(-c2cc(Cl)c(Cl)c3c2C2=C(CCN(C(=O)CO)C2)C3)cn1. The first-order valence-electron chi connectivity index (χ1n) is 8.36. The van der Waals surface area contributed by atoms with E-state index < -0.39 is 6.61 Å². The lowest BCUT2D eigenvalue weighted by Crippen LogP contribution is -2.37. The number of rotatable bonds is 2. The molecule has 1 aromatic carbocycles. The fraction of sp³-hybridized carbons (Fsp3) is 0.263. The van der Waals surface area contributed by atoms with E-state index in [0.717, 1.165) is 34.2 Å². The summed E-state index contributed by atoms with van der Waals surface area (Å²) in [5.74, 6) is -0.203. The van der Waals surface area contributed by atoms with Crippen LogP contribution in [0.15, 0.2) is 24.0 Å². The number of hydrogen-bond donors (Lipinski definition) is 1. The smallest absolute Gasteiger partial charge is 0.248 e. The molecule has 0 radical (unpaired) electrons. The lowest BCUT2D eigenvalue weighted by Gasteiger charge is -2.28. The summed E-state index contributed by atoms with van der Waals surface area (Å²) in [4.78, 5) is 21.7. The zero-order chi connectivity index (χ0) is 19.1. The highest BCUT2D eigenvalue weighted by molar-refractivity contribution is 6.43. The molecule has 0 bridgehead atoms. The monoisotopic (exact) mass is 400 g/mol. The number of amides is 1. The van der Waals surface area contributed by atoms with Crippen molar-refractivity contribution in [1.29, 1.82) is 5.26 Å². The van der Waals surface area contributed by atoms with Gasteiger partial charge in [0.25, 0.3) is 0 Å². The Kier molecular flexibility index (Phi) is 4.60. The molecular formula is C19H14Cl2N4O2. The van der Waals surface area contributed by atoms with E-state index in [1.165, 1.54) is 5.57 Å². The quantitative estimate of drug-likeness (QED) is 0.836. The third kappa shape index (κ3) is 2.98. The van der Waals surface area contributed by atoms with Gasteiger partial charge in [-0.1, -0.05) is 28.8 Å². The Morgan fingerprint density at radius 1 is 1.33 bits per heavy atom. The van der Waals surface area contributed by atoms with E-state index in [9.17, 15) is 9.90 Å². The van der Waals surface area contributed by atoms with E-state index in [4.69, 9.17) is 28.5 Å². The fourth-order valence-electron chi connectivity index (χ4n) is 3.72. The molecule has 1 N–H and O–H groups in total. The summed E-state index contributed by atoms with van der Waals surface area (Å²) in [6.45, 7) is 0.490. The number of aromatic nitrogens is 2. The molecule has 1 aromatic heterocycles. The van der Waals surface area contributed by atoms with Crippen molar-refractivity contribution in [3.05, 3.63) is 51.0 Å². The second-order valence-electron chi connectivity index (χ2n) is 6.46. The minimum Gasteiger partial charge on any atom is -0.387 e. The van der Waals surface area contributed by atoms with Gasteiger partial charge < -0.3 is 10.0 Å². The molecular weight excluding hydrogens is 387 g/mol. The molecule has 2 aliphatic rings. The van der Waals surface area contributed by atoms with Gasteiger partial charge in [-0.05, 0) is 41.2 Å². The third-order valence-corrected chi connectivity index (χ3v) is 5.85. The zero-order valence-corrected chi connectivity index (χ0v) is 15.7. The van der Waals surface area contributed by atoms with E-state index in [-0.39, 0.29) is 11.7 Å². The van der Waals surface area contributed by atoms with Gasteiger partial charge in [0.2, 0.25) is 11.7 Å². The van der Waals surface area contributed by atoms with E-state index >= 15 is 0 Å². The first kappa shape index (κ1) is 17.9. The van der Waals surface area contributed by atoms with Crippen LogP contribution in [0.25, 0.3) is 16.7 Å². The van der Waals surface area contributed by atoms with Crippen molar-refractivity contribution >= 4 is 34.7 Å². The number of halogens is 2. The van der Waals surface area contributed by atoms with Gasteiger partial charge in [0.1, 0.15) is 12.7 Å². The number of aliphatic hydroxyl groups excluding tert-OH is 1. The van der Waals surface area contributed by atoms with Crippen molar-refractivity contribution in [1.82, 2.24) is 14.9 Å². The van der Waals surface area contributed by atoms with E-state index in [0.29, 0.717) is 29.6 Å². The Morgan fingerprint density at radius 3 is 2.74 bits per heavy atom. The molecule has 0 unspecified atom stereocenters. The lowest BCUT2D eigenvalue weighted by atomic mass is 9.93. The Labute approximate surface area is 165 Å². The van der Waals surface area contributed by atoms with Crippen molar-refractivity contribution in [3.63, 3.8) is 0 Å². The Bertz CT molecular complexity index is 1030. The number of hydrogen-bond acceptors (Lipinski definition) is 5. The van der Waals surface area contributed by atoms with Crippen molar-refractivity contribution < 1.29 is 9.90 Å². The summed E-state index contributed by atoms with van der Waals surface area (Å²) in [6.07, 6.45) is 4.59. The highest BCUT2D eigenvalue weighted by Crippen LogP contribution is 2.47. The van der Waals surface area contributed by atoms with Crippen LogP contribution in [0.4, 0.5) is 0 Å². The number of fused-ring (bicyclic) bond motifs is 2. The minimum atomic E-state index is -0.507. The molecule has 2 aromatic rings. The molecule has 0 saturated heterocycles. The molecule has 27 heavy (non-hydrogen) atoms. The molecule has 0 fully saturated rings. The van der Waals surface area contributed by atoms with Crippen LogP contribution in [0.2, 0.25) is 10.0 Å². The minimum absolute atomic E-state index is 0.0905. The molecule has 0 spiro atoms. The maximum absolute atomic E-state index is 12.0. The van der Waals surface area contributed by atoms with Gasteiger partial charge in [0.05, 0.1) is 10.0 Å². The van der Waals surface area contributed by atoms with Gasteiger partial charge in [-0.25, -0.2) is 9.97 Å². The van der Waals surface area contributed by atoms with E-state index in [2.05, 4.69) is 9.97 Å². The van der Waals surface area contributed by atoms with Gasteiger partial charge in [0, 0.05) is 31.0 Å². The highest BCUT2D eigenvalue weighted by Gasteiger charge is 2.33. The summed E-state index contributed by atoms with van der Waals surface area (Å²) in [7, 11) is 0. The highest BCUT2D eigenvalue weighted by atomic mass is 35.5. The van der Waals surface area contributed by atoms with Crippen LogP contribution in [0.5, 0.6) is 0 Å². The van der Waals surface area contributed by atoms with Crippen LogP contribution < -0.4 is 0 Å². The number of nitriles is 1. The molecule has 1 amide bonds. The third-order valence-electron chi connectivity index (χ3n) is 5.02. The first-order chi connectivity index (χ1) is 13.0. The molecule has 2 heterocycles. The largest absolute Gasteiger partial charge is 0.387 e. The Balaban J connectivity index is 1.85. The standard InChI is InChI=1S/C19H14Cl2N4O2/c20-15-4-12(11-6-23-16(5-22)24-7-11)18-13(19(15)21)3-10-1-2-25(8-14(10)18)17(27)9-26/h4,6-7,26H,1-3,8-9H2. The van der Waals surface area contributed by atoms with Crippen LogP contribution in [-0.2, 0) is 11.2 Å². The summed E-state index contributed by atoms with van der Waals surface area (Å²) in [5, 5.41) is 19.1. The maximum Gasteiger partial charge on any atom is 0.248 e. The molecule has 6 nitrogen and oxygen atoms in total. The van der Waals surface area contributed by atoms with Crippen LogP contribution in [0, 0.1) is 11.3 Å². The van der Waals surface area contributed by atoms with Gasteiger partial charge >= 0.3 is 0 Å². The van der Waals surface area contributed by atoms with Crippen LogP contribution in [0.3, 0.4) is 0 Å². The molecule has 0 atom stereocenters. The zero-order valence-electron chi connectivity index (χ0n) is 14.2. The molecule has 4 rings (SSSR count). The van der Waals surface area contributed by atoms with Crippen LogP contribution in [0.1, 0.15) is 23.4 Å².